The number of fused-ring (bicyclic) bond motifs is 1. The number of aromatic amines is 1. The summed E-state index contributed by atoms with van der Waals surface area (Å²) in [7, 11) is 0. The van der Waals surface area contributed by atoms with Crippen LogP contribution in [0.5, 0.6) is 0 Å². The molecule has 1 fully saturated rings. The van der Waals surface area contributed by atoms with Crippen LogP contribution in [0.3, 0.4) is 0 Å². The monoisotopic (exact) mass is 264 g/mol. The number of nitrogens with one attached hydrogen (secondary N) is 2. The first-order chi connectivity index (χ1) is 9.03. The van der Waals surface area contributed by atoms with Crippen molar-refractivity contribution in [1.82, 2.24) is 4.98 Å². The Hall–Kier alpha value is -1.58. The van der Waals surface area contributed by atoms with Crippen molar-refractivity contribution in [3.8, 4) is 0 Å². The van der Waals surface area contributed by atoms with E-state index < -0.39 is 5.92 Å². The second kappa shape index (κ2) is 4.51. The van der Waals surface area contributed by atoms with E-state index in [1.54, 1.807) is 0 Å². The lowest BCUT2D eigenvalue weighted by Gasteiger charge is -2.29. The molecule has 0 saturated heterocycles. The Morgan fingerprint density at radius 2 is 2.00 bits per heavy atom. The first-order valence-electron chi connectivity index (χ1n) is 6.76. The van der Waals surface area contributed by atoms with Gasteiger partial charge < -0.3 is 10.3 Å². The van der Waals surface area contributed by atoms with Gasteiger partial charge in [0.1, 0.15) is 0 Å². The van der Waals surface area contributed by atoms with Crippen LogP contribution in [0.2, 0.25) is 0 Å². The first-order valence-corrected chi connectivity index (χ1v) is 6.76. The van der Waals surface area contributed by atoms with Crippen molar-refractivity contribution in [2.45, 2.75) is 44.6 Å². The van der Waals surface area contributed by atoms with Gasteiger partial charge >= 0.3 is 0 Å². The molecular weight excluding hydrogens is 246 g/mol. The van der Waals surface area contributed by atoms with Gasteiger partial charge in [-0.25, -0.2) is 8.78 Å². The summed E-state index contributed by atoms with van der Waals surface area (Å²) in [4.78, 5) is 3.21. The minimum Gasteiger partial charge on any atom is -0.381 e. The highest BCUT2D eigenvalue weighted by Crippen LogP contribution is 2.35. The molecule has 1 aliphatic rings. The van der Waals surface area contributed by atoms with Gasteiger partial charge in [0.15, 0.2) is 0 Å². The zero-order chi connectivity index (χ0) is 13.5. The molecule has 1 heterocycles. The Labute approximate surface area is 111 Å². The molecule has 1 aromatic carbocycles. The van der Waals surface area contributed by atoms with E-state index in [1.165, 1.54) is 5.56 Å². The van der Waals surface area contributed by atoms with Crippen LogP contribution in [0.1, 0.15) is 31.2 Å². The molecule has 102 valence electrons. The summed E-state index contributed by atoms with van der Waals surface area (Å²) in [6.07, 6.45) is 2.95. The van der Waals surface area contributed by atoms with Gasteiger partial charge in [-0.1, -0.05) is 0 Å². The van der Waals surface area contributed by atoms with Crippen molar-refractivity contribution in [2.75, 3.05) is 5.32 Å². The maximum absolute atomic E-state index is 13.2. The summed E-state index contributed by atoms with van der Waals surface area (Å²) in [5.41, 5.74) is 3.26. The average molecular weight is 264 g/mol. The molecule has 0 amide bonds. The van der Waals surface area contributed by atoms with E-state index in [9.17, 15) is 8.78 Å². The standard InChI is InChI=1S/C15H18F2N2/c1-10-8-11-4-7-18-14(11)13(9-10)19-12-2-5-15(16,17)6-3-12/h4,7-9,12,18-19H,2-3,5-6H2,1H3. The number of halogens is 2. The predicted octanol–water partition coefficient (Wildman–Crippen LogP) is 4.47. The van der Waals surface area contributed by atoms with E-state index in [4.69, 9.17) is 0 Å². The smallest absolute Gasteiger partial charge is 0.248 e. The summed E-state index contributed by atoms with van der Waals surface area (Å²) in [6.45, 7) is 2.05. The summed E-state index contributed by atoms with van der Waals surface area (Å²) in [5.74, 6) is -2.47. The zero-order valence-electron chi connectivity index (χ0n) is 11.0. The molecule has 3 rings (SSSR count). The topological polar surface area (TPSA) is 27.8 Å². The Morgan fingerprint density at radius 3 is 2.74 bits per heavy atom. The highest BCUT2D eigenvalue weighted by molar-refractivity contribution is 5.91. The van der Waals surface area contributed by atoms with Crippen molar-refractivity contribution < 1.29 is 8.78 Å². The summed E-state index contributed by atoms with van der Waals surface area (Å²) >= 11 is 0. The van der Waals surface area contributed by atoms with Crippen molar-refractivity contribution in [1.29, 1.82) is 0 Å². The quantitative estimate of drug-likeness (QED) is 0.823. The van der Waals surface area contributed by atoms with Crippen molar-refractivity contribution in [3.63, 3.8) is 0 Å². The molecule has 2 aromatic rings. The normalized spacial score (nSPS) is 19.7. The van der Waals surface area contributed by atoms with Crippen LogP contribution in [0, 0.1) is 6.92 Å². The molecule has 0 radical (unpaired) electrons. The molecule has 1 aromatic heterocycles. The second-order valence-corrected chi connectivity index (χ2v) is 5.53. The zero-order valence-corrected chi connectivity index (χ0v) is 11.0. The van der Waals surface area contributed by atoms with Crippen molar-refractivity contribution >= 4 is 16.6 Å². The van der Waals surface area contributed by atoms with Gasteiger partial charge in [0.05, 0.1) is 11.2 Å². The number of aryl methyl sites for hydroxylation is 1. The number of rotatable bonds is 2. The van der Waals surface area contributed by atoms with E-state index >= 15 is 0 Å². The molecule has 1 saturated carbocycles. The van der Waals surface area contributed by atoms with Crippen LogP contribution < -0.4 is 5.32 Å². The van der Waals surface area contributed by atoms with Gasteiger partial charge in [-0.3, -0.25) is 0 Å². The van der Waals surface area contributed by atoms with Gasteiger partial charge in [-0.2, -0.15) is 0 Å². The van der Waals surface area contributed by atoms with Gasteiger partial charge in [-0.05, 0) is 43.5 Å². The molecule has 0 spiro atoms. The molecule has 1 aliphatic carbocycles. The highest BCUT2D eigenvalue weighted by atomic mass is 19.3. The van der Waals surface area contributed by atoms with E-state index in [0.29, 0.717) is 12.8 Å². The van der Waals surface area contributed by atoms with E-state index in [0.717, 1.165) is 16.6 Å². The maximum Gasteiger partial charge on any atom is 0.248 e. The summed E-state index contributed by atoms with van der Waals surface area (Å²) < 4.78 is 26.3. The molecule has 0 aliphatic heterocycles. The Morgan fingerprint density at radius 1 is 1.26 bits per heavy atom. The molecule has 4 heteroatoms. The second-order valence-electron chi connectivity index (χ2n) is 5.53. The fourth-order valence-corrected chi connectivity index (χ4v) is 2.84. The predicted molar refractivity (Wildman–Crippen MR) is 73.9 cm³/mol. The van der Waals surface area contributed by atoms with Crippen LogP contribution in [-0.4, -0.2) is 16.9 Å². The summed E-state index contributed by atoms with van der Waals surface area (Å²) in [5, 5.41) is 4.58. The molecule has 0 atom stereocenters. The fourth-order valence-electron chi connectivity index (χ4n) is 2.84. The number of H-pyrrole nitrogens is 1. The fraction of sp³-hybridized carbons (Fsp3) is 0.467. The first kappa shape index (κ1) is 12.5. The van der Waals surface area contributed by atoms with E-state index in [1.807, 2.05) is 19.2 Å². The number of alkyl halides is 2. The Bertz CT molecular complexity index is 579. The summed E-state index contributed by atoms with van der Waals surface area (Å²) in [6, 6.07) is 6.37. The molecule has 0 bridgehead atoms. The molecule has 2 nitrogen and oxygen atoms in total. The lowest BCUT2D eigenvalue weighted by molar-refractivity contribution is -0.0360. The third-order valence-corrected chi connectivity index (χ3v) is 3.88. The number of anilines is 1. The van der Waals surface area contributed by atoms with Gasteiger partial charge in [-0.15, -0.1) is 0 Å². The molecule has 0 unspecified atom stereocenters. The van der Waals surface area contributed by atoms with Crippen molar-refractivity contribution in [3.05, 3.63) is 30.0 Å². The van der Waals surface area contributed by atoms with Crippen LogP contribution in [0.15, 0.2) is 24.4 Å². The Balaban J connectivity index is 1.80. The number of aromatic nitrogens is 1. The SMILES string of the molecule is Cc1cc(NC2CCC(F)(F)CC2)c2[nH]ccc2c1. The van der Waals surface area contributed by atoms with E-state index in [-0.39, 0.29) is 18.9 Å². The van der Waals surface area contributed by atoms with Crippen LogP contribution in [0.25, 0.3) is 10.9 Å². The molecular formula is C15H18F2N2. The van der Waals surface area contributed by atoms with Crippen LogP contribution in [-0.2, 0) is 0 Å². The average Bonchev–Trinajstić information content (AvgIpc) is 2.80. The van der Waals surface area contributed by atoms with Crippen LogP contribution >= 0.6 is 0 Å². The minimum absolute atomic E-state index is 0.00957. The molecule has 19 heavy (non-hydrogen) atoms. The molecule has 2 N–H and O–H groups in total. The third-order valence-electron chi connectivity index (χ3n) is 3.88. The number of hydrogen-bond donors (Lipinski definition) is 2. The highest BCUT2D eigenvalue weighted by Gasteiger charge is 2.34. The number of benzene rings is 1. The van der Waals surface area contributed by atoms with Crippen LogP contribution in [0.4, 0.5) is 14.5 Å². The lowest BCUT2D eigenvalue weighted by atomic mass is 9.92. The number of hydrogen-bond acceptors (Lipinski definition) is 1. The largest absolute Gasteiger partial charge is 0.381 e. The minimum atomic E-state index is -2.47. The Kier molecular flexibility index (Phi) is 2.96. The van der Waals surface area contributed by atoms with Gasteiger partial charge in [0, 0.05) is 30.5 Å². The lowest BCUT2D eigenvalue weighted by Crippen LogP contribution is -2.32. The van der Waals surface area contributed by atoms with E-state index in [2.05, 4.69) is 22.4 Å². The van der Waals surface area contributed by atoms with Crippen molar-refractivity contribution in [2.24, 2.45) is 0 Å². The third kappa shape index (κ3) is 2.57. The van der Waals surface area contributed by atoms with Gasteiger partial charge in [0.25, 0.3) is 0 Å². The maximum atomic E-state index is 13.2. The van der Waals surface area contributed by atoms with Gasteiger partial charge in [0.2, 0.25) is 5.92 Å².